The van der Waals surface area contributed by atoms with Crippen molar-refractivity contribution in [2.24, 2.45) is 5.73 Å². The minimum Gasteiger partial charge on any atom is -0.324 e. The summed E-state index contributed by atoms with van der Waals surface area (Å²) < 4.78 is 13.2. The Balaban J connectivity index is 2.57. The summed E-state index contributed by atoms with van der Waals surface area (Å²) in [4.78, 5) is 3.66. The molecule has 2 N–H and O–H groups in total. The standard InChI is InChI=1S/C11H13FN2/c1-2-3-4-5-11(13)9-6-7-14-8-10(9)12/h1,6-8,11H,3-5,13H2. The molecule has 1 aromatic heterocycles. The summed E-state index contributed by atoms with van der Waals surface area (Å²) >= 11 is 0. The molecule has 0 radical (unpaired) electrons. The molecule has 0 aliphatic heterocycles. The highest BCUT2D eigenvalue weighted by Crippen LogP contribution is 2.18. The first-order chi connectivity index (χ1) is 6.75. The summed E-state index contributed by atoms with van der Waals surface area (Å²) in [6, 6.07) is 1.32. The molecular weight excluding hydrogens is 179 g/mol. The lowest BCUT2D eigenvalue weighted by atomic mass is 10.0. The van der Waals surface area contributed by atoms with Crippen LogP contribution >= 0.6 is 0 Å². The third-order valence-electron chi connectivity index (χ3n) is 2.04. The third-order valence-corrected chi connectivity index (χ3v) is 2.04. The predicted octanol–water partition coefficient (Wildman–Crippen LogP) is 2.02. The van der Waals surface area contributed by atoms with Crippen LogP contribution in [0.2, 0.25) is 0 Å². The Hall–Kier alpha value is -1.40. The van der Waals surface area contributed by atoms with Crippen molar-refractivity contribution in [1.29, 1.82) is 0 Å². The average Bonchev–Trinajstić information content (AvgIpc) is 2.18. The molecule has 0 saturated carbocycles. The third kappa shape index (κ3) is 2.82. The molecule has 1 aromatic rings. The van der Waals surface area contributed by atoms with E-state index < -0.39 is 0 Å². The average molecular weight is 192 g/mol. The highest BCUT2D eigenvalue weighted by molar-refractivity contribution is 5.16. The van der Waals surface area contributed by atoms with Gasteiger partial charge in [-0.3, -0.25) is 4.98 Å². The maximum Gasteiger partial charge on any atom is 0.146 e. The number of halogens is 1. The number of rotatable bonds is 4. The quantitative estimate of drug-likeness (QED) is 0.585. The van der Waals surface area contributed by atoms with Crippen LogP contribution in [0.4, 0.5) is 4.39 Å². The number of hydrogen-bond donors (Lipinski definition) is 1. The predicted molar refractivity (Wildman–Crippen MR) is 53.8 cm³/mol. The van der Waals surface area contributed by atoms with E-state index in [2.05, 4.69) is 10.9 Å². The van der Waals surface area contributed by atoms with Crippen molar-refractivity contribution >= 4 is 0 Å². The normalized spacial score (nSPS) is 12.1. The number of nitrogens with two attached hydrogens (primary N) is 1. The van der Waals surface area contributed by atoms with Gasteiger partial charge in [0.15, 0.2) is 0 Å². The van der Waals surface area contributed by atoms with Gasteiger partial charge < -0.3 is 5.73 Å². The van der Waals surface area contributed by atoms with E-state index in [4.69, 9.17) is 12.2 Å². The Labute approximate surface area is 83.3 Å². The molecule has 3 heteroatoms. The lowest BCUT2D eigenvalue weighted by Crippen LogP contribution is -2.12. The molecule has 0 aliphatic rings. The van der Waals surface area contributed by atoms with Crippen molar-refractivity contribution in [2.75, 3.05) is 0 Å². The maximum atomic E-state index is 13.2. The summed E-state index contributed by atoms with van der Waals surface area (Å²) in [5.41, 5.74) is 6.31. The molecule has 1 unspecified atom stereocenters. The monoisotopic (exact) mass is 192 g/mol. The molecule has 0 spiro atoms. The molecule has 0 aliphatic carbocycles. The van der Waals surface area contributed by atoms with Crippen molar-refractivity contribution in [3.05, 3.63) is 29.8 Å². The van der Waals surface area contributed by atoms with E-state index in [-0.39, 0.29) is 11.9 Å². The lowest BCUT2D eigenvalue weighted by Gasteiger charge is -2.11. The van der Waals surface area contributed by atoms with Gasteiger partial charge in [-0.15, -0.1) is 12.3 Å². The molecule has 0 fully saturated rings. The number of nitrogens with zero attached hydrogens (tertiary/aromatic N) is 1. The number of unbranched alkanes of at least 4 members (excludes halogenated alkanes) is 1. The molecule has 0 bridgehead atoms. The Bertz CT molecular complexity index is 330. The molecule has 0 aromatic carbocycles. The van der Waals surface area contributed by atoms with E-state index in [1.807, 2.05) is 0 Å². The second kappa shape index (κ2) is 5.36. The van der Waals surface area contributed by atoms with Crippen LogP contribution in [0.25, 0.3) is 0 Å². The van der Waals surface area contributed by atoms with Gasteiger partial charge in [0.25, 0.3) is 0 Å². The molecular formula is C11H13FN2. The Kier molecular flexibility index (Phi) is 4.09. The second-order valence-electron chi connectivity index (χ2n) is 3.10. The van der Waals surface area contributed by atoms with Crippen LogP contribution in [0.15, 0.2) is 18.5 Å². The van der Waals surface area contributed by atoms with Gasteiger partial charge in [-0.25, -0.2) is 4.39 Å². The fourth-order valence-corrected chi connectivity index (χ4v) is 1.27. The first-order valence-electron chi connectivity index (χ1n) is 4.54. The van der Waals surface area contributed by atoms with Gasteiger partial charge in [0.1, 0.15) is 5.82 Å². The highest BCUT2D eigenvalue weighted by Gasteiger charge is 2.09. The van der Waals surface area contributed by atoms with Crippen LogP contribution in [0.3, 0.4) is 0 Å². The van der Waals surface area contributed by atoms with Crippen molar-refractivity contribution in [2.45, 2.75) is 25.3 Å². The van der Waals surface area contributed by atoms with E-state index in [1.165, 1.54) is 6.20 Å². The summed E-state index contributed by atoms with van der Waals surface area (Å²) in [6.45, 7) is 0. The molecule has 14 heavy (non-hydrogen) atoms. The second-order valence-corrected chi connectivity index (χ2v) is 3.10. The molecule has 1 atom stereocenters. The van der Waals surface area contributed by atoms with Gasteiger partial charge in [-0.1, -0.05) is 0 Å². The van der Waals surface area contributed by atoms with E-state index in [0.29, 0.717) is 18.4 Å². The number of pyridine rings is 1. The van der Waals surface area contributed by atoms with Gasteiger partial charge in [-0.05, 0) is 18.9 Å². The topological polar surface area (TPSA) is 38.9 Å². The first-order valence-corrected chi connectivity index (χ1v) is 4.54. The fraction of sp³-hybridized carbons (Fsp3) is 0.364. The van der Waals surface area contributed by atoms with Crippen LogP contribution in [0.5, 0.6) is 0 Å². The highest BCUT2D eigenvalue weighted by atomic mass is 19.1. The summed E-state index contributed by atoms with van der Waals surface area (Å²) in [5.74, 6) is 2.18. The molecule has 1 heterocycles. The van der Waals surface area contributed by atoms with E-state index in [1.54, 1.807) is 12.3 Å². The summed E-state index contributed by atoms with van der Waals surface area (Å²) in [6.07, 6.45) is 10.0. The minimum atomic E-state index is -0.347. The van der Waals surface area contributed by atoms with Gasteiger partial charge in [0.2, 0.25) is 0 Å². The number of hydrogen-bond acceptors (Lipinski definition) is 2. The van der Waals surface area contributed by atoms with Crippen LogP contribution in [0.1, 0.15) is 30.9 Å². The van der Waals surface area contributed by atoms with E-state index in [0.717, 1.165) is 6.42 Å². The van der Waals surface area contributed by atoms with Crippen LogP contribution < -0.4 is 5.73 Å². The molecule has 1 rings (SSSR count). The fourth-order valence-electron chi connectivity index (χ4n) is 1.27. The van der Waals surface area contributed by atoms with E-state index in [9.17, 15) is 4.39 Å². The first kappa shape index (κ1) is 10.7. The Morgan fingerprint density at radius 3 is 3.07 bits per heavy atom. The Morgan fingerprint density at radius 2 is 2.43 bits per heavy atom. The summed E-state index contributed by atoms with van der Waals surface area (Å²) in [7, 11) is 0. The van der Waals surface area contributed by atoms with E-state index >= 15 is 0 Å². The van der Waals surface area contributed by atoms with Crippen molar-refractivity contribution in [1.82, 2.24) is 4.98 Å². The smallest absolute Gasteiger partial charge is 0.146 e. The van der Waals surface area contributed by atoms with Crippen LogP contribution in [0, 0.1) is 18.2 Å². The minimum absolute atomic E-state index is 0.286. The largest absolute Gasteiger partial charge is 0.324 e. The SMILES string of the molecule is C#CCCCC(N)c1ccncc1F. The van der Waals surface area contributed by atoms with Gasteiger partial charge in [0, 0.05) is 24.2 Å². The van der Waals surface area contributed by atoms with Gasteiger partial charge in [-0.2, -0.15) is 0 Å². The lowest BCUT2D eigenvalue weighted by molar-refractivity contribution is 0.550. The zero-order chi connectivity index (χ0) is 10.4. The van der Waals surface area contributed by atoms with Crippen molar-refractivity contribution < 1.29 is 4.39 Å². The molecule has 0 amide bonds. The maximum absolute atomic E-state index is 13.2. The van der Waals surface area contributed by atoms with Gasteiger partial charge >= 0.3 is 0 Å². The van der Waals surface area contributed by atoms with Crippen LogP contribution in [-0.2, 0) is 0 Å². The van der Waals surface area contributed by atoms with Crippen molar-refractivity contribution in [3.63, 3.8) is 0 Å². The Morgan fingerprint density at radius 1 is 1.64 bits per heavy atom. The van der Waals surface area contributed by atoms with Crippen LogP contribution in [-0.4, -0.2) is 4.98 Å². The number of aromatic nitrogens is 1. The number of terminal acetylenes is 1. The zero-order valence-electron chi connectivity index (χ0n) is 7.91. The summed E-state index contributed by atoms with van der Waals surface area (Å²) in [5, 5.41) is 0. The zero-order valence-corrected chi connectivity index (χ0v) is 7.91. The van der Waals surface area contributed by atoms with Crippen molar-refractivity contribution in [3.8, 4) is 12.3 Å². The molecule has 2 nitrogen and oxygen atoms in total. The van der Waals surface area contributed by atoms with Gasteiger partial charge in [0.05, 0.1) is 6.20 Å². The molecule has 0 saturated heterocycles. The molecule has 74 valence electrons.